The molecule has 1 aromatic heterocycles. The Morgan fingerprint density at radius 3 is 2.45 bits per heavy atom. The van der Waals surface area contributed by atoms with Crippen molar-refractivity contribution in [3.8, 4) is 5.75 Å². The number of hydrogen-bond acceptors (Lipinski definition) is 5. The van der Waals surface area contributed by atoms with E-state index >= 15 is 0 Å². The van der Waals surface area contributed by atoms with Crippen molar-refractivity contribution in [3.05, 3.63) is 47.4 Å². The van der Waals surface area contributed by atoms with E-state index in [-0.39, 0.29) is 0 Å². The molecule has 22 heavy (non-hydrogen) atoms. The van der Waals surface area contributed by atoms with Crippen molar-refractivity contribution in [1.29, 1.82) is 0 Å². The van der Waals surface area contributed by atoms with Crippen LogP contribution in [0.5, 0.6) is 5.75 Å². The molecule has 0 spiro atoms. The fourth-order valence-corrected chi connectivity index (χ4v) is 2.82. The first-order valence-corrected chi connectivity index (χ1v) is 7.66. The van der Waals surface area contributed by atoms with E-state index in [9.17, 15) is 5.11 Å². The predicted octanol–water partition coefficient (Wildman–Crippen LogP) is 2.12. The van der Waals surface area contributed by atoms with Gasteiger partial charge in [-0.15, -0.1) is 0 Å². The maximum absolute atomic E-state index is 10.1. The van der Waals surface area contributed by atoms with Crippen LogP contribution in [0.1, 0.15) is 16.7 Å². The Balaban J connectivity index is 1.62. The highest BCUT2D eigenvalue weighted by molar-refractivity contribution is 5.41. The lowest BCUT2D eigenvalue weighted by Crippen LogP contribution is -2.46. The van der Waals surface area contributed by atoms with Gasteiger partial charge in [0.1, 0.15) is 11.6 Å². The maximum Gasteiger partial charge on any atom is 0.147 e. The van der Waals surface area contributed by atoms with Crippen molar-refractivity contribution >= 4 is 5.82 Å². The van der Waals surface area contributed by atoms with Gasteiger partial charge >= 0.3 is 0 Å². The lowest BCUT2D eigenvalue weighted by atomic mass is 10.0. The molecule has 0 bridgehead atoms. The van der Waals surface area contributed by atoms with E-state index in [0.717, 1.165) is 49.7 Å². The Hall–Kier alpha value is -2.14. The topological polar surface area (TPSA) is 52.5 Å². The number of phenols is 1. The van der Waals surface area contributed by atoms with Gasteiger partial charge < -0.3 is 10.0 Å². The first-order chi connectivity index (χ1) is 10.6. The SMILES string of the molecule is Cc1cc(O)c(CN2CCN(c3cnccn3)CC2)cc1C. The Morgan fingerprint density at radius 2 is 1.77 bits per heavy atom. The van der Waals surface area contributed by atoms with Crippen molar-refractivity contribution in [2.75, 3.05) is 31.1 Å². The first-order valence-electron chi connectivity index (χ1n) is 7.66. The van der Waals surface area contributed by atoms with Crippen LogP contribution < -0.4 is 4.90 Å². The largest absolute Gasteiger partial charge is 0.508 e. The van der Waals surface area contributed by atoms with Crippen molar-refractivity contribution in [3.63, 3.8) is 0 Å². The second-order valence-electron chi connectivity index (χ2n) is 5.89. The predicted molar refractivity (Wildman–Crippen MR) is 87.1 cm³/mol. The van der Waals surface area contributed by atoms with Crippen LogP contribution >= 0.6 is 0 Å². The van der Waals surface area contributed by atoms with Gasteiger partial charge in [0.15, 0.2) is 0 Å². The van der Waals surface area contributed by atoms with E-state index in [2.05, 4.69) is 32.8 Å². The van der Waals surface area contributed by atoms with E-state index < -0.39 is 0 Å². The molecule has 0 amide bonds. The lowest BCUT2D eigenvalue weighted by Gasteiger charge is -2.35. The zero-order chi connectivity index (χ0) is 15.5. The van der Waals surface area contributed by atoms with Crippen molar-refractivity contribution in [2.24, 2.45) is 0 Å². The Labute approximate surface area is 131 Å². The van der Waals surface area contributed by atoms with Crippen LogP contribution in [0.3, 0.4) is 0 Å². The number of anilines is 1. The van der Waals surface area contributed by atoms with Gasteiger partial charge in [-0.1, -0.05) is 6.07 Å². The van der Waals surface area contributed by atoms with Crippen LogP contribution in [0, 0.1) is 13.8 Å². The highest BCUT2D eigenvalue weighted by Gasteiger charge is 2.19. The van der Waals surface area contributed by atoms with Gasteiger partial charge in [-0.05, 0) is 31.0 Å². The quantitative estimate of drug-likeness (QED) is 0.940. The minimum Gasteiger partial charge on any atom is -0.508 e. The molecule has 1 fully saturated rings. The summed E-state index contributed by atoms with van der Waals surface area (Å²) in [6.07, 6.45) is 5.24. The molecule has 2 aromatic rings. The molecule has 1 saturated heterocycles. The molecule has 0 atom stereocenters. The van der Waals surface area contributed by atoms with Crippen LogP contribution in [-0.4, -0.2) is 46.2 Å². The van der Waals surface area contributed by atoms with Gasteiger partial charge in [-0.2, -0.15) is 0 Å². The molecule has 0 radical (unpaired) electrons. The molecule has 0 unspecified atom stereocenters. The minimum atomic E-state index is 0.402. The summed E-state index contributed by atoms with van der Waals surface area (Å²) in [7, 11) is 0. The van der Waals surface area contributed by atoms with Crippen molar-refractivity contribution in [1.82, 2.24) is 14.9 Å². The second kappa shape index (κ2) is 6.32. The standard InChI is InChI=1S/C17H22N4O/c1-13-9-15(16(22)10-14(13)2)12-20-5-7-21(8-6-20)17-11-18-3-4-19-17/h3-4,9-11,22H,5-8,12H2,1-2H3. The molecule has 116 valence electrons. The molecule has 0 aliphatic carbocycles. The van der Waals surface area contributed by atoms with E-state index in [1.807, 2.05) is 19.2 Å². The monoisotopic (exact) mass is 298 g/mol. The zero-order valence-corrected chi connectivity index (χ0v) is 13.2. The number of piperazine rings is 1. The highest BCUT2D eigenvalue weighted by Crippen LogP contribution is 2.24. The van der Waals surface area contributed by atoms with Crippen molar-refractivity contribution < 1.29 is 5.11 Å². The van der Waals surface area contributed by atoms with Gasteiger partial charge in [0.05, 0.1) is 6.20 Å². The molecule has 1 aliphatic rings. The summed E-state index contributed by atoms with van der Waals surface area (Å²) in [6.45, 7) is 8.70. The number of nitrogens with zero attached hydrogens (tertiary/aromatic N) is 4. The number of phenolic OH excluding ortho intramolecular Hbond substituents is 1. The molecular weight excluding hydrogens is 276 g/mol. The summed E-state index contributed by atoms with van der Waals surface area (Å²) in [4.78, 5) is 13.1. The molecule has 3 rings (SSSR count). The summed E-state index contributed by atoms with van der Waals surface area (Å²) in [5.74, 6) is 1.34. The average Bonchev–Trinajstić information content (AvgIpc) is 2.54. The normalized spacial score (nSPS) is 16.0. The molecule has 5 heteroatoms. The van der Waals surface area contributed by atoms with Gasteiger partial charge in [-0.3, -0.25) is 9.88 Å². The van der Waals surface area contributed by atoms with Gasteiger partial charge in [0, 0.05) is 50.7 Å². The summed E-state index contributed by atoms with van der Waals surface area (Å²) >= 11 is 0. The van der Waals surface area contributed by atoms with E-state index in [1.165, 1.54) is 5.56 Å². The molecule has 2 heterocycles. The van der Waals surface area contributed by atoms with Crippen LogP contribution in [0.2, 0.25) is 0 Å². The van der Waals surface area contributed by atoms with Crippen LogP contribution in [-0.2, 0) is 6.54 Å². The van der Waals surface area contributed by atoms with E-state index in [0.29, 0.717) is 5.75 Å². The fourth-order valence-electron chi connectivity index (χ4n) is 2.82. The summed E-state index contributed by atoms with van der Waals surface area (Å²) in [5, 5.41) is 10.1. The third-order valence-electron chi connectivity index (χ3n) is 4.33. The lowest BCUT2D eigenvalue weighted by molar-refractivity contribution is 0.246. The number of aromatic hydroxyl groups is 1. The number of aryl methyl sites for hydroxylation is 2. The summed E-state index contributed by atoms with van der Waals surface area (Å²) in [6, 6.07) is 3.96. The third kappa shape index (κ3) is 3.20. The molecule has 1 N–H and O–H groups in total. The molecular formula is C17H22N4O. The number of hydrogen-bond donors (Lipinski definition) is 1. The minimum absolute atomic E-state index is 0.402. The third-order valence-corrected chi connectivity index (χ3v) is 4.33. The summed E-state index contributed by atoms with van der Waals surface area (Å²) in [5.41, 5.74) is 3.37. The number of aromatic nitrogens is 2. The van der Waals surface area contributed by atoms with E-state index in [4.69, 9.17) is 0 Å². The number of benzene rings is 1. The first kappa shape index (κ1) is 14.8. The smallest absolute Gasteiger partial charge is 0.147 e. The Kier molecular flexibility index (Phi) is 4.24. The molecule has 5 nitrogen and oxygen atoms in total. The molecule has 1 aliphatic heterocycles. The van der Waals surface area contributed by atoms with Crippen LogP contribution in [0.4, 0.5) is 5.82 Å². The highest BCUT2D eigenvalue weighted by atomic mass is 16.3. The molecule has 0 saturated carbocycles. The van der Waals surface area contributed by atoms with Crippen molar-refractivity contribution in [2.45, 2.75) is 20.4 Å². The van der Waals surface area contributed by atoms with Gasteiger partial charge in [-0.25, -0.2) is 4.98 Å². The Morgan fingerprint density at radius 1 is 1.05 bits per heavy atom. The average molecular weight is 298 g/mol. The van der Waals surface area contributed by atoms with Crippen LogP contribution in [0.15, 0.2) is 30.7 Å². The maximum atomic E-state index is 10.1. The number of rotatable bonds is 3. The van der Waals surface area contributed by atoms with Gasteiger partial charge in [0.2, 0.25) is 0 Å². The summed E-state index contributed by atoms with van der Waals surface area (Å²) < 4.78 is 0. The van der Waals surface area contributed by atoms with Crippen LogP contribution in [0.25, 0.3) is 0 Å². The fraction of sp³-hybridized carbons (Fsp3) is 0.412. The molecule has 1 aromatic carbocycles. The zero-order valence-electron chi connectivity index (χ0n) is 13.2. The Bertz CT molecular complexity index is 637. The van der Waals surface area contributed by atoms with Gasteiger partial charge in [0.25, 0.3) is 0 Å². The van der Waals surface area contributed by atoms with E-state index in [1.54, 1.807) is 12.4 Å². The second-order valence-corrected chi connectivity index (χ2v) is 5.89.